The van der Waals surface area contributed by atoms with Crippen molar-refractivity contribution in [3.05, 3.63) is 78.1 Å². The molecule has 5 rings (SSSR count). The van der Waals surface area contributed by atoms with Crippen molar-refractivity contribution in [2.24, 2.45) is 0 Å². The third-order valence-corrected chi connectivity index (χ3v) is 6.36. The number of hydrogen-bond donors (Lipinski definition) is 1. The van der Waals surface area contributed by atoms with Gasteiger partial charge in [-0.3, -0.25) is 4.90 Å². The van der Waals surface area contributed by atoms with E-state index in [1.807, 2.05) is 0 Å². The van der Waals surface area contributed by atoms with Gasteiger partial charge in [-0.2, -0.15) is 0 Å². The van der Waals surface area contributed by atoms with Crippen LogP contribution < -0.4 is 15.5 Å². The number of morpholine rings is 1. The molecule has 2 fully saturated rings. The molecule has 2 N–H and O–H groups in total. The fourth-order valence-corrected chi connectivity index (χ4v) is 4.73. The number of nitrogens with two attached hydrogens (primary N) is 1. The number of piperazine rings is 1. The van der Waals surface area contributed by atoms with Crippen molar-refractivity contribution in [3.63, 3.8) is 0 Å². The van der Waals surface area contributed by atoms with E-state index in [9.17, 15) is 0 Å². The van der Waals surface area contributed by atoms with Crippen molar-refractivity contribution in [2.45, 2.75) is 6.04 Å². The Hall–Kier alpha value is -3.16. The second-order valence-corrected chi connectivity index (χ2v) is 8.28. The lowest BCUT2D eigenvalue weighted by Crippen LogP contribution is -2.48. The van der Waals surface area contributed by atoms with Gasteiger partial charge in [-0.1, -0.05) is 60.7 Å². The van der Waals surface area contributed by atoms with Gasteiger partial charge in [0.1, 0.15) is 12.0 Å². The van der Waals surface area contributed by atoms with Gasteiger partial charge in [0.05, 0.1) is 19.3 Å². The van der Waals surface area contributed by atoms with E-state index in [1.54, 1.807) is 6.33 Å². The van der Waals surface area contributed by atoms with Crippen molar-refractivity contribution in [3.8, 4) is 0 Å². The van der Waals surface area contributed by atoms with Gasteiger partial charge in [0.2, 0.25) is 0 Å². The van der Waals surface area contributed by atoms with Gasteiger partial charge < -0.3 is 20.3 Å². The summed E-state index contributed by atoms with van der Waals surface area (Å²) in [5.74, 6) is 1.67. The van der Waals surface area contributed by atoms with Crippen LogP contribution in [0.25, 0.3) is 0 Å². The van der Waals surface area contributed by atoms with E-state index in [0.717, 1.165) is 50.9 Å². The minimum absolute atomic E-state index is 0.242. The average molecular weight is 431 g/mol. The Morgan fingerprint density at radius 3 is 1.72 bits per heavy atom. The molecule has 0 atom stereocenters. The Morgan fingerprint density at radius 1 is 0.688 bits per heavy atom. The van der Waals surface area contributed by atoms with Gasteiger partial charge in [0.25, 0.3) is 0 Å². The third-order valence-electron chi connectivity index (χ3n) is 6.36. The molecule has 0 aliphatic carbocycles. The zero-order valence-electron chi connectivity index (χ0n) is 18.3. The number of anilines is 3. The average Bonchev–Trinajstić information content (AvgIpc) is 2.87. The Balaban J connectivity index is 1.34. The maximum Gasteiger partial charge on any atom is 0.157 e. The van der Waals surface area contributed by atoms with Gasteiger partial charge in [-0.05, 0) is 11.1 Å². The van der Waals surface area contributed by atoms with Crippen LogP contribution in [0.5, 0.6) is 0 Å². The summed E-state index contributed by atoms with van der Waals surface area (Å²) in [6.45, 7) is 6.65. The van der Waals surface area contributed by atoms with Crippen LogP contribution in [-0.2, 0) is 4.74 Å². The molecule has 1 aromatic heterocycles. The Morgan fingerprint density at radius 2 is 1.19 bits per heavy atom. The van der Waals surface area contributed by atoms with E-state index in [0.29, 0.717) is 18.9 Å². The van der Waals surface area contributed by atoms with Crippen LogP contribution in [0, 0.1) is 0 Å². The van der Waals surface area contributed by atoms with Crippen LogP contribution in [0.2, 0.25) is 0 Å². The molecule has 2 aliphatic rings. The molecule has 0 unspecified atom stereocenters. The number of ether oxygens (including phenoxy) is 1. The summed E-state index contributed by atoms with van der Waals surface area (Å²) in [5.41, 5.74) is 9.88. The van der Waals surface area contributed by atoms with Crippen LogP contribution in [0.1, 0.15) is 17.2 Å². The number of hydrogen-bond acceptors (Lipinski definition) is 7. The van der Waals surface area contributed by atoms with Crippen LogP contribution in [0.15, 0.2) is 67.0 Å². The summed E-state index contributed by atoms with van der Waals surface area (Å²) >= 11 is 0. The van der Waals surface area contributed by atoms with E-state index in [1.165, 1.54) is 11.1 Å². The first-order valence-electron chi connectivity index (χ1n) is 11.3. The van der Waals surface area contributed by atoms with Gasteiger partial charge in [0, 0.05) is 39.3 Å². The molecule has 32 heavy (non-hydrogen) atoms. The van der Waals surface area contributed by atoms with E-state index in [4.69, 9.17) is 10.5 Å². The summed E-state index contributed by atoms with van der Waals surface area (Å²) in [6, 6.07) is 21.8. The highest BCUT2D eigenvalue weighted by molar-refractivity contribution is 5.76. The van der Waals surface area contributed by atoms with Crippen LogP contribution >= 0.6 is 0 Å². The summed E-state index contributed by atoms with van der Waals surface area (Å²) in [6.07, 6.45) is 1.64. The lowest BCUT2D eigenvalue weighted by atomic mass is 9.96. The molecule has 166 valence electrons. The predicted molar refractivity (Wildman–Crippen MR) is 128 cm³/mol. The van der Waals surface area contributed by atoms with Gasteiger partial charge >= 0.3 is 0 Å². The first-order valence-corrected chi connectivity index (χ1v) is 11.3. The molecular formula is C25H30N6O. The van der Waals surface area contributed by atoms with Crippen molar-refractivity contribution in [1.29, 1.82) is 0 Å². The van der Waals surface area contributed by atoms with E-state index in [-0.39, 0.29) is 6.04 Å². The lowest BCUT2D eigenvalue weighted by Gasteiger charge is -2.40. The normalized spacial score (nSPS) is 17.7. The largest absolute Gasteiger partial charge is 0.393 e. The molecule has 2 saturated heterocycles. The van der Waals surface area contributed by atoms with E-state index >= 15 is 0 Å². The number of rotatable bonds is 5. The second kappa shape index (κ2) is 9.54. The first-order chi connectivity index (χ1) is 15.8. The van der Waals surface area contributed by atoms with Crippen LogP contribution in [-0.4, -0.2) is 67.4 Å². The molecular weight excluding hydrogens is 400 g/mol. The third kappa shape index (κ3) is 4.26. The minimum Gasteiger partial charge on any atom is -0.393 e. The van der Waals surface area contributed by atoms with E-state index in [2.05, 4.69) is 85.3 Å². The van der Waals surface area contributed by atoms with Gasteiger partial charge in [-0.15, -0.1) is 0 Å². The van der Waals surface area contributed by atoms with Crippen molar-refractivity contribution < 1.29 is 4.74 Å². The zero-order chi connectivity index (χ0) is 21.8. The molecule has 7 nitrogen and oxygen atoms in total. The first kappa shape index (κ1) is 20.7. The summed E-state index contributed by atoms with van der Waals surface area (Å²) in [5, 5.41) is 0. The lowest BCUT2D eigenvalue weighted by molar-refractivity contribution is 0.122. The zero-order valence-corrected chi connectivity index (χ0v) is 18.3. The molecule has 0 amide bonds. The Labute approximate surface area is 189 Å². The molecule has 3 heterocycles. The molecule has 2 aliphatic heterocycles. The number of aromatic nitrogens is 2. The molecule has 7 heteroatoms. The topological polar surface area (TPSA) is 70.7 Å². The van der Waals surface area contributed by atoms with Crippen molar-refractivity contribution >= 4 is 17.3 Å². The Bertz CT molecular complexity index is 962. The fourth-order valence-electron chi connectivity index (χ4n) is 4.73. The molecule has 0 saturated carbocycles. The maximum atomic E-state index is 6.56. The summed E-state index contributed by atoms with van der Waals surface area (Å²) in [7, 11) is 0. The van der Waals surface area contributed by atoms with Gasteiger partial charge in [-0.25, -0.2) is 9.97 Å². The van der Waals surface area contributed by atoms with Gasteiger partial charge in [0.15, 0.2) is 11.6 Å². The standard InChI is InChI=1S/C25H30N6O/c26-22-24(27-19-28-25(22)31-15-17-32-18-16-31)30-13-11-29(12-14-30)23(20-7-3-1-4-8-20)21-9-5-2-6-10-21/h1-10,19,23H,11-18,26H2. The highest BCUT2D eigenvalue weighted by atomic mass is 16.5. The van der Waals surface area contributed by atoms with E-state index < -0.39 is 0 Å². The Kier molecular flexibility index (Phi) is 6.18. The highest BCUT2D eigenvalue weighted by Gasteiger charge is 2.28. The molecule has 2 aromatic carbocycles. The molecule has 0 radical (unpaired) electrons. The summed E-state index contributed by atoms with van der Waals surface area (Å²) in [4.78, 5) is 16.1. The molecule has 0 bridgehead atoms. The smallest absolute Gasteiger partial charge is 0.157 e. The molecule has 3 aromatic rings. The number of benzene rings is 2. The second-order valence-electron chi connectivity index (χ2n) is 8.28. The SMILES string of the molecule is Nc1c(N2CCOCC2)ncnc1N1CCN(C(c2ccccc2)c2ccccc2)CC1. The maximum absolute atomic E-state index is 6.56. The monoisotopic (exact) mass is 430 g/mol. The van der Waals surface area contributed by atoms with Crippen molar-refractivity contribution in [1.82, 2.24) is 14.9 Å². The highest BCUT2D eigenvalue weighted by Crippen LogP contribution is 2.33. The summed E-state index contributed by atoms with van der Waals surface area (Å²) < 4.78 is 5.47. The number of nitrogen functional groups attached to an aromatic ring is 1. The van der Waals surface area contributed by atoms with Crippen LogP contribution in [0.3, 0.4) is 0 Å². The molecule has 0 spiro atoms. The fraction of sp³-hybridized carbons (Fsp3) is 0.360. The van der Waals surface area contributed by atoms with Crippen LogP contribution in [0.4, 0.5) is 17.3 Å². The van der Waals surface area contributed by atoms with Crippen molar-refractivity contribution in [2.75, 3.05) is 68.0 Å². The minimum atomic E-state index is 0.242. The number of nitrogens with zero attached hydrogens (tertiary/aromatic N) is 5. The quantitative estimate of drug-likeness (QED) is 0.667. The predicted octanol–water partition coefficient (Wildman–Crippen LogP) is 2.81.